The van der Waals surface area contributed by atoms with Gasteiger partial charge in [0.25, 0.3) is 0 Å². The predicted octanol–water partition coefficient (Wildman–Crippen LogP) is 3.77. The van der Waals surface area contributed by atoms with Crippen molar-refractivity contribution in [1.82, 2.24) is 0 Å². The number of halogens is 2. The Balaban J connectivity index is 2.86. The Kier molecular flexibility index (Phi) is 4.56. The lowest BCUT2D eigenvalue weighted by atomic mass is 10.2. The van der Waals surface area contributed by atoms with Gasteiger partial charge in [0.05, 0.1) is 16.8 Å². The number of benzene rings is 1. The van der Waals surface area contributed by atoms with Gasteiger partial charge in [-0.2, -0.15) is 0 Å². The average molecular weight is 320 g/mol. The smallest absolute Gasteiger partial charge is 0.0872 e. The van der Waals surface area contributed by atoms with E-state index in [4.69, 9.17) is 18.0 Å². The summed E-state index contributed by atoms with van der Waals surface area (Å²) in [7, 11) is 0. The van der Waals surface area contributed by atoms with Crippen molar-refractivity contribution in [2.75, 3.05) is 5.32 Å². The Labute approximate surface area is 103 Å². The van der Waals surface area contributed by atoms with E-state index < -0.39 is 0 Å². The summed E-state index contributed by atoms with van der Waals surface area (Å²) in [6.07, 6.45) is 6.25. The molecule has 1 aromatic carbocycles. The van der Waals surface area contributed by atoms with Gasteiger partial charge in [0, 0.05) is 3.57 Å². The van der Waals surface area contributed by atoms with Crippen LogP contribution in [0.2, 0.25) is 5.02 Å². The van der Waals surface area contributed by atoms with Crippen molar-refractivity contribution in [3.8, 4) is 12.3 Å². The first-order valence-corrected chi connectivity index (χ1v) is 5.80. The average Bonchev–Trinajstić information content (AvgIpc) is 2.19. The Hall–Kier alpha value is -0.400. The van der Waals surface area contributed by atoms with E-state index >= 15 is 0 Å². The van der Waals surface area contributed by atoms with Gasteiger partial charge < -0.3 is 5.32 Å². The van der Waals surface area contributed by atoms with Crippen LogP contribution in [0.1, 0.15) is 13.3 Å². The van der Waals surface area contributed by atoms with Gasteiger partial charge in [-0.3, -0.25) is 0 Å². The highest BCUT2D eigenvalue weighted by atomic mass is 127. The van der Waals surface area contributed by atoms with Gasteiger partial charge in [-0.25, -0.2) is 0 Å². The molecule has 0 saturated carbocycles. The van der Waals surface area contributed by atoms with Crippen LogP contribution in [-0.4, -0.2) is 6.04 Å². The molecule has 1 unspecified atom stereocenters. The van der Waals surface area contributed by atoms with Crippen LogP contribution in [-0.2, 0) is 0 Å². The van der Waals surface area contributed by atoms with Crippen molar-refractivity contribution in [3.05, 3.63) is 26.8 Å². The van der Waals surface area contributed by atoms with Gasteiger partial charge in [0.2, 0.25) is 0 Å². The predicted molar refractivity (Wildman–Crippen MR) is 70.7 cm³/mol. The van der Waals surface area contributed by atoms with Crippen LogP contribution >= 0.6 is 34.2 Å². The summed E-state index contributed by atoms with van der Waals surface area (Å²) in [5.74, 6) is 2.67. The van der Waals surface area contributed by atoms with Gasteiger partial charge in [0.1, 0.15) is 0 Å². The molecule has 0 aliphatic rings. The first-order chi connectivity index (χ1) is 6.67. The van der Waals surface area contributed by atoms with E-state index in [0.717, 1.165) is 15.7 Å². The molecule has 0 aliphatic heterocycles. The van der Waals surface area contributed by atoms with Crippen LogP contribution in [0.25, 0.3) is 0 Å². The zero-order valence-electron chi connectivity index (χ0n) is 7.85. The fraction of sp³-hybridized carbons (Fsp3) is 0.273. The molecule has 0 aromatic heterocycles. The summed E-state index contributed by atoms with van der Waals surface area (Å²) in [5, 5.41) is 3.92. The lowest BCUT2D eigenvalue weighted by Crippen LogP contribution is -2.15. The van der Waals surface area contributed by atoms with Crippen molar-refractivity contribution in [2.45, 2.75) is 19.4 Å². The molecule has 0 fully saturated rings. The molecular formula is C11H11ClIN. The largest absolute Gasteiger partial charge is 0.370 e. The summed E-state index contributed by atoms with van der Waals surface area (Å²) in [6, 6.07) is 5.87. The van der Waals surface area contributed by atoms with E-state index in [1.807, 2.05) is 25.1 Å². The van der Waals surface area contributed by atoms with E-state index in [1.165, 1.54) is 0 Å². The number of rotatable bonds is 3. The summed E-state index contributed by atoms with van der Waals surface area (Å²) in [6.45, 7) is 2.04. The molecule has 0 aliphatic carbocycles. The van der Waals surface area contributed by atoms with Crippen molar-refractivity contribution in [1.29, 1.82) is 0 Å². The lowest BCUT2D eigenvalue weighted by Gasteiger charge is -2.13. The molecule has 74 valence electrons. The van der Waals surface area contributed by atoms with Crippen LogP contribution < -0.4 is 5.32 Å². The normalized spacial score (nSPS) is 11.9. The molecule has 3 heteroatoms. The second-order valence-corrected chi connectivity index (χ2v) is 4.55. The molecule has 0 heterocycles. The quantitative estimate of drug-likeness (QED) is 0.660. The van der Waals surface area contributed by atoms with Gasteiger partial charge in [-0.1, -0.05) is 24.4 Å². The molecule has 0 spiro atoms. The molecule has 1 atom stereocenters. The molecule has 0 radical (unpaired) electrons. The van der Waals surface area contributed by atoms with Crippen LogP contribution in [0, 0.1) is 15.9 Å². The fourth-order valence-electron chi connectivity index (χ4n) is 1.06. The first-order valence-electron chi connectivity index (χ1n) is 4.35. The second-order valence-electron chi connectivity index (χ2n) is 2.90. The summed E-state index contributed by atoms with van der Waals surface area (Å²) in [5.41, 5.74) is 0.906. The third-order valence-electron chi connectivity index (χ3n) is 1.87. The van der Waals surface area contributed by atoms with Crippen LogP contribution in [0.15, 0.2) is 18.2 Å². The maximum absolute atomic E-state index is 6.02. The maximum Gasteiger partial charge on any atom is 0.0872 e. The van der Waals surface area contributed by atoms with E-state index in [9.17, 15) is 0 Å². The maximum atomic E-state index is 6.02. The summed E-state index contributed by atoms with van der Waals surface area (Å²) in [4.78, 5) is 0. The Morgan fingerprint density at radius 3 is 2.93 bits per heavy atom. The van der Waals surface area contributed by atoms with E-state index in [-0.39, 0.29) is 6.04 Å². The Morgan fingerprint density at radius 2 is 2.36 bits per heavy atom. The fourth-order valence-corrected chi connectivity index (χ4v) is 1.72. The minimum absolute atomic E-state index is 0.0469. The highest BCUT2D eigenvalue weighted by molar-refractivity contribution is 14.1. The minimum atomic E-state index is 0.0469. The summed E-state index contributed by atoms with van der Waals surface area (Å²) >= 11 is 8.26. The Bertz CT molecular complexity index is 357. The molecule has 1 aromatic rings. The third-order valence-corrected chi connectivity index (χ3v) is 2.87. The third kappa shape index (κ3) is 3.07. The van der Waals surface area contributed by atoms with Gasteiger partial charge in [-0.05, 0) is 47.2 Å². The van der Waals surface area contributed by atoms with Crippen LogP contribution in [0.4, 0.5) is 5.69 Å². The molecular weight excluding hydrogens is 308 g/mol. The van der Waals surface area contributed by atoms with Gasteiger partial charge in [-0.15, -0.1) is 6.42 Å². The van der Waals surface area contributed by atoms with Gasteiger partial charge in [0.15, 0.2) is 0 Å². The zero-order valence-corrected chi connectivity index (χ0v) is 10.8. The lowest BCUT2D eigenvalue weighted by molar-refractivity contribution is 0.858. The molecule has 1 N–H and O–H groups in total. The van der Waals surface area contributed by atoms with Crippen LogP contribution in [0.3, 0.4) is 0 Å². The highest BCUT2D eigenvalue weighted by Gasteiger charge is 2.05. The van der Waals surface area contributed by atoms with Crippen molar-refractivity contribution in [2.24, 2.45) is 0 Å². The second kappa shape index (κ2) is 5.47. The molecule has 1 nitrogen and oxygen atoms in total. The topological polar surface area (TPSA) is 12.0 Å². The minimum Gasteiger partial charge on any atom is -0.370 e. The molecule has 0 amide bonds. The van der Waals surface area contributed by atoms with Gasteiger partial charge >= 0.3 is 0 Å². The summed E-state index contributed by atoms with van der Waals surface area (Å²) < 4.78 is 1.14. The SMILES string of the molecule is C#CC(CC)Nc1cc(I)ccc1Cl. The van der Waals surface area contributed by atoms with Crippen molar-refractivity contribution < 1.29 is 0 Å². The number of terminal acetylenes is 1. The molecule has 1 rings (SSSR count). The van der Waals surface area contributed by atoms with Crippen LogP contribution in [0.5, 0.6) is 0 Å². The molecule has 0 saturated heterocycles. The number of hydrogen-bond acceptors (Lipinski definition) is 1. The number of anilines is 1. The Morgan fingerprint density at radius 1 is 1.64 bits per heavy atom. The molecule has 0 bridgehead atoms. The zero-order chi connectivity index (χ0) is 10.6. The highest BCUT2D eigenvalue weighted by Crippen LogP contribution is 2.24. The number of hydrogen-bond donors (Lipinski definition) is 1. The van der Waals surface area contributed by atoms with E-state index in [1.54, 1.807) is 0 Å². The van der Waals surface area contributed by atoms with E-state index in [2.05, 4.69) is 33.8 Å². The molecule has 14 heavy (non-hydrogen) atoms. The first kappa shape index (κ1) is 11.7. The monoisotopic (exact) mass is 319 g/mol. The van der Waals surface area contributed by atoms with Crippen molar-refractivity contribution >= 4 is 39.9 Å². The van der Waals surface area contributed by atoms with E-state index in [0.29, 0.717) is 5.02 Å². The standard InChI is InChI=1S/C11H11ClIN/c1-3-9(4-2)14-11-7-8(13)5-6-10(11)12/h1,5-7,9,14H,4H2,2H3. The number of nitrogens with one attached hydrogen (secondary N) is 1. The van der Waals surface area contributed by atoms with Crippen molar-refractivity contribution in [3.63, 3.8) is 0 Å².